The van der Waals surface area contributed by atoms with Crippen molar-refractivity contribution in [1.82, 2.24) is 9.80 Å². The summed E-state index contributed by atoms with van der Waals surface area (Å²) in [5.41, 5.74) is 6.19. The number of hydrogen-bond donors (Lipinski definition) is 1. The topological polar surface area (TPSA) is 66.6 Å². The van der Waals surface area contributed by atoms with Crippen LogP contribution in [0.15, 0.2) is 24.3 Å². The van der Waals surface area contributed by atoms with Crippen molar-refractivity contribution in [3.8, 4) is 0 Å². The minimum atomic E-state index is -0.492. The molecule has 0 saturated carbocycles. The zero-order valence-corrected chi connectivity index (χ0v) is 12.1. The van der Waals surface area contributed by atoms with E-state index in [4.69, 9.17) is 17.3 Å². The van der Waals surface area contributed by atoms with E-state index in [-0.39, 0.29) is 11.8 Å². The molecule has 1 heterocycles. The fourth-order valence-corrected chi connectivity index (χ4v) is 2.32. The Morgan fingerprint density at radius 1 is 1.10 bits per heavy atom. The summed E-state index contributed by atoms with van der Waals surface area (Å²) in [6.07, 6.45) is 0. The molecule has 0 spiro atoms. The molecule has 0 radical (unpaired) electrons. The first-order chi connectivity index (χ1) is 9.49. The van der Waals surface area contributed by atoms with E-state index in [1.165, 1.54) is 0 Å². The van der Waals surface area contributed by atoms with Crippen molar-refractivity contribution in [2.45, 2.75) is 13.0 Å². The van der Waals surface area contributed by atoms with Gasteiger partial charge in [0.1, 0.15) is 0 Å². The summed E-state index contributed by atoms with van der Waals surface area (Å²) in [5, 5.41) is 0.605. The van der Waals surface area contributed by atoms with Crippen LogP contribution in [0.3, 0.4) is 0 Å². The largest absolute Gasteiger partial charge is 0.338 e. The number of halogens is 1. The highest BCUT2D eigenvalue weighted by Crippen LogP contribution is 2.13. The molecule has 0 aromatic heterocycles. The summed E-state index contributed by atoms with van der Waals surface area (Å²) in [7, 11) is 0. The lowest BCUT2D eigenvalue weighted by Gasteiger charge is -2.35. The summed E-state index contributed by atoms with van der Waals surface area (Å²) in [5.74, 6) is -0.0989. The van der Waals surface area contributed by atoms with Gasteiger partial charge in [-0.15, -0.1) is 0 Å². The third kappa shape index (κ3) is 3.29. The molecule has 1 aromatic rings. The Bertz CT molecular complexity index is 494. The SMILES string of the molecule is CC(N)C(=O)N1CCN(C(=O)c2ccc(Cl)cc2)CC1. The maximum absolute atomic E-state index is 12.3. The predicted octanol–water partition coefficient (Wildman–Crippen LogP) is 0.972. The fourth-order valence-electron chi connectivity index (χ4n) is 2.19. The van der Waals surface area contributed by atoms with Crippen LogP contribution in [0.2, 0.25) is 5.02 Å². The molecular formula is C14H18ClN3O2. The van der Waals surface area contributed by atoms with Gasteiger partial charge in [0.25, 0.3) is 5.91 Å². The molecule has 2 N–H and O–H groups in total. The maximum Gasteiger partial charge on any atom is 0.253 e. The molecule has 0 aliphatic carbocycles. The number of carbonyl (C=O) groups is 2. The van der Waals surface area contributed by atoms with E-state index >= 15 is 0 Å². The number of piperazine rings is 1. The molecule has 2 rings (SSSR count). The second-order valence-electron chi connectivity index (χ2n) is 4.91. The molecule has 1 atom stereocenters. The molecule has 1 aromatic carbocycles. The van der Waals surface area contributed by atoms with Crippen molar-refractivity contribution in [3.05, 3.63) is 34.9 Å². The van der Waals surface area contributed by atoms with Crippen LogP contribution >= 0.6 is 11.6 Å². The van der Waals surface area contributed by atoms with Crippen LogP contribution in [0, 0.1) is 0 Å². The van der Waals surface area contributed by atoms with Crippen LogP contribution in [0.5, 0.6) is 0 Å². The Hall–Kier alpha value is -1.59. The van der Waals surface area contributed by atoms with Crippen LogP contribution in [0.1, 0.15) is 17.3 Å². The number of carbonyl (C=O) groups excluding carboxylic acids is 2. The van der Waals surface area contributed by atoms with Gasteiger partial charge >= 0.3 is 0 Å². The molecule has 5 nitrogen and oxygen atoms in total. The summed E-state index contributed by atoms with van der Waals surface area (Å²) in [6, 6.07) is 6.33. The summed E-state index contributed by atoms with van der Waals surface area (Å²) >= 11 is 5.80. The fraction of sp³-hybridized carbons (Fsp3) is 0.429. The normalized spacial score (nSPS) is 16.9. The molecule has 0 bridgehead atoms. The van der Waals surface area contributed by atoms with Gasteiger partial charge in [0.15, 0.2) is 0 Å². The van der Waals surface area contributed by atoms with Gasteiger partial charge in [-0.25, -0.2) is 0 Å². The molecular weight excluding hydrogens is 278 g/mol. The molecule has 1 aliphatic rings. The van der Waals surface area contributed by atoms with Crippen molar-refractivity contribution in [3.63, 3.8) is 0 Å². The molecule has 20 heavy (non-hydrogen) atoms. The zero-order chi connectivity index (χ0) is 14.7. The molecule has 6 heteroatoms. The standard InChI is InChI=1S/C14H18ClN3O2/c1-10(16)13(19)17-6-8-18(9-7-17)14(20)11-2-4-12(15)5-3-11/h2-5,10H,6-9,16H2,1H3. The number of nitrogens with zero attached hydrogens (tertiary/aromatic N) is 2. The summed E-state index contributed by atoms with van der Waals surface area (Å²) in [6.45, 7) is 3.78. The zero-order valence-electron chi connectivity index (χ0n) is 11.4. The van der Waals surface area contributed by atoms with E-state index in [0.29, 0.717) is 36.8 Å². The average Bonchev–Trinajstić information content (AvgIpc) is 2.46. The second-order valence-corrected chi connectivity index (χ2v) is 5.35. The van der Waals surface area contributed by atoms with Crippen molar-refractivity contribution >= 4 is 23.4 Å². The first kappa shape index (κ1) is 14.8. The lowest BCUT2D eigenvalue weighted by molar-refractivity contribution is -0.133. The molecule has 1 aliphatic heterocycles. The van der Waals surface area contributed by atoms with Gasteiger partial charge < -0.3 is 15.5 Å². The number of amides is 2. The van der Waals surface area contributed by atoms with E-state index < -0.39 is 6.04 Å². The molecule has 108 valence electrons. The Kier molecular flexibility index (Phi) is 4.62. The van der Waals surface area contributed by atoms with Gasteiger partial charge in [0.05, 0.1) is 6.04 Å². The quantitative estimate of drug-likeness (QED) is 0.884. The van der Waals surface area contributed by atoms with E-state index in [1.54, 1.807) is 41.0 Å². The maximum atomic E-state index is 12.3. The highest BCUT2D eigenvalue weighted by molar-refractivity contribution is 6.30. The predicted molar refractivity (Wildman–Crippen MR) is 77.6 cm³/mol. The van der Waals surface area contributed by atoms with Crippen LogP contribution in [-0.2, 0) is 4.79 Å². The van der Waals surface area contributed by atoms with Crippen LogP contribution < -0.4 is 5.73 Å². The lowest BCUT2D eigenvalue weighted by Crippen LogP contribution is -2.53. The van der Waals surface area contributed by atoms with Gasteiger partial charge in [0, 0.05) is 36.8 Å². The second kappa shape index (κ2) is 6.24. The minimum absolute atomic E-state index is 0.0328. The highest BCUT2D eigenvalue weighted by Gasteiger charge is 2.25. The molecule has 1 unspecified atom stereocenters. The van der Waals surface area contributed by atoms with Crippen LogP contribution in [0.4, 0.5) is 0 Å². The number of nitrogens with two attached hydrogens (primary N) is 1. The van der Waals surface area contributed by atoms with E-state index in [9.17, 15) is 9.59 Å². The third-order valence-corrected chi connectivity index (χ3v) is 3.61. The van der Waals surface area contributed by atoms with E-state index in [1.807, 2.05) is 0 Å². The Morgan fingerprint density at radius 2 is 1.60 bits per heavy atom. The van der Waals surface area contributed by atoms with Crippen molar-refractivity contribution < 1.29 is 9.59 Å². The number of hydrogen-bond acceptors (Lipinski definition) is 3. The molecule has 2 amide bonds. The molecule has 1 saturated heterocycles. The van der Waals surface area contributed by atoms with Crippen LogP contribution in [-0.4, -0.2) is 53.8 Å². The number of benzene rings is 1. The van der Waals surface area contributed by atoms with Crippen molar-refractivity contribution in [2.24, 2.45) is 5.73 Å². The number of rotatable bonds is 2. The Labute approximate surface area is 123 Å². The highest BCUT2D eigenvalue weighted by atomic mass is 35.5. The minimum Gasteiger partial charge on any atom is -0.338 e. The Balaban J connectivity index is 1.95. The van der Waals surface area contributed by atoms with E-state index in [2.05, 4.69) is 0 Å². The Morgan fingerprint density at radius 3 is 2.10 bits per heavy atom. The first-order valence-electron chi connectivity index (χ1n) is 6.58. The van der Waals surface area contributed by atoms with Crippen molar-refractivity contribution in [2.75, 3.05) is 26.2 Å². The van der Waals surface area contributed by atoms with Gasteiger partial charge in [0.2, 0.25) is 5.91 Å². The van der Waals surface area contributed by atoms with Gasteiger partial charge in [-0.3, -0.25) is 9.59 Å². The van der Waals surface area contributed by atoms with Crippen molar-refractivity contribution in [1.29, 1.82) is 0 Å². The van der Waals surface area contributed by atoms with Gasteiger partial charge in [-0.05, 0) is 31.2 Å². The monoisotopic (exact) mass is 295 g/mol. The first-order valence-corrected chi connectivity index (χ1v) is 6.96. The lowest BCUT2D eigenvalue weighted by atomic mass is 10.1. The third-order valence-electron chi connectivity index (χ3n) is 3.36. The van der Waals surface area contributed by atoms with Crippen LogP contribution in [0.25, 0.3) is 0 Å². The summed E-state index contributed by atoms with van der Waals surface area (Å²) in [4.78, 5) is 27.5. The summed E-state index contributed by atoms with van der Waals surface area (Å²) < 4.78 is 0. The van der Waals surface area contributed by atoms with E-state index in [0.717, 1.165) is 0 Å². The van der Waals surface area contributed by atoms with Gasteiger partial charge in [-0.1, -0.05) is 11.6 Å². The molecule has 1 fully saturated rings. The average molecular weight is 296 g/mol. The smallest absolute Gasteiger partial charge is 0.253 e. The van der Waals surface area contributed by atoms with Gasteiger partial charge in [-0.2, -0.15) is 0 Å².